The lowest BCUT2D eigenvalue weighted by Crippen LogP contribution is -2.27. The molecule has 0 amide bonds. The number of aryl methyl sites for hydroxylation is 1. The number of fused-ring (bicyclic) bond motifs is 1. The van der Waals surface area contributed by atoms with E-state index in [2.05, 4.69) is 19.5 Å². The van der Waals surface area contributed by atoms with Gasteiger partial charge in [-0.05, 0) is 31.4 Å². The van der Waals surface area contributed by atoms with Crippen LogP contribution >= 0.6 is 0 Å². The monoisotopic (exact) mass is 346 g/mol. The molecule has 128 valence electrons. The van der Waals surface area contributed by atoms with Crippen LogP contribution in [0.25, 0.3) is 6.08 Å². The van der Waals surface area contributed by atoms with Crippen molar-refractivity contribution >= 4 is 16.1 Å². The maximum Gasteiger partial charge on any atom is 0.234 e. The quantitative estimate of drug-likeness (QED) is 0.903. The molecule has 6 nitrogen and oxygen atoms in total. The van der Waals surface area contributed by atoms with E-state index in [0.717, 1.165) is 37.2 Å². The van der Waals surface area contributed by atoms with Gasteiger partial charge in [0, 0.05) is 18.4 Å². The van der Waals surface area contributed by atoms with Gasteiger partial charge in [0.15, 0.2) is 5.82 Å². The van der Waals surface area contributed by atoms with Crippen molar-refractivity contribution in [2.75, 3.05) is 0 Å². The van der Waals surface area contributed by atoms with E-state index in [9.17, 15) is 8.42 Å². The molecular weight excluding hydrogens is 324 g/mol. The molecule has 0 saturated carbocycles. The molecule has 2 aromatic rings. The topological polar surface area (TPSA) is 76.9 Å². The van der Waals surface area contributed by atoms with Gasteiger partial charge in [0.1, 0.15) is 5.82 Å². The van der Waals surface area contributed by atoms with Crippen LogP contribution in [-0.2, 0) is 23.0 Å². The van der Waals surface area contributed by atoms with Crippen molar-refractivity contribution in [3.05, 3.63) is 53.0 Å². The molecule has 1 aliphatic rings. The predicted octanol–water partition coefficient (Wildman–Crippen LogP) is 2.66. The Hall–Kier alpha value is -1.99. The summed E-state index contributed by atoms with van der Waals surface area (Å²) in [7, 11) is -3.55. The molecule has 0 saturated heterocycles. The van der Waals surface area contributed by atoms with Gasteiger partial charge < -0.3 is 4.57 Å². The molecular formula is C17H22N4O2S. The lowest BCUT2D eigenvalue weighted by Gasteiger charge is -2.14. The maximum atomic E-state index is 12.3. The number of rotatable bonds is 5. The number of hydrogen-bond acceptors (Lipinski definition) is 4. The number of benzene rings is 1. The second-order valence-electron chi connectivity index (χ2n) is 6.03. The summed E-state index contributed by atoms with van der Waals surface area (Å²) < 4.78 is 29.3. The molecule has 0 aliphatic carbocycles. The third kappa shape index (κ3) is 4.10. The van der Waals surface area contributed by atoms with Crippen molar-refractivity contribution in [3.63, 3.8) is 0 Å². The molecule has 0 fully saturated rings. The van der Waals surface area contributed by atoms with Crippen molar-refractivity contribution in [2.45, 2.75) is 45.2 Å². The summed E-state index contributed by atoms with van der Waals surface area (Å²) in [5.41, 5.74) is 0.840. The molecule has 1 unspecified atom stereocenters. The molecule has 3 rings (SSSR count). The summed E-state index contributed by atoms with van der Waals surface area (Å²) in [6.45, 7) is 2.65. The van der Waals surface area contributed by atoms with Crippen LogP contribution in [0.3, 0.4) is 0 Å². The first-order valence-corrected chi connectivity index (χ1v) is 9.77. The minimum atomic E-state index is -3.55. The molecule has 1 N–H and O–H groups in total. The second kappa shape index (κ2) is 7.27. The minimum Gasteiger partial charge on any atom is -0.314 e. The Morgan fingerprint density at radius 3 is 2.75 bits per heavy atom. The Morgan fingerprint density at radius 2 is 1.96 bits per heavy atom. The summed E-state index contributed by atoms with van der Waals surface area (Å²) in [5.74, 6) is 1.64. The maximum absolute atomic E-state index is 12.3. The van der Waals surface area contributed by atoms with E-state index in [0.29, 0.717) is 5.82 Å². The molecule has 1 aromatic carbocycles. The smallest absolute Gasteiger partial charge is 0.234 e. The Labute approximate surface area is 142 Å². The molecule has 1 atom stereocenters. The van der Waals surface area contributed by atoms with Gasteiger partial charge in [-0.2, -0.15) is 0 Å². The first kappa shape index (κ1) is 16.9. The van der Waals surface area contributed by atoms with E-state index in [4.69, 9.17) is 0 Å². The highest BCUT2D eigenvalue weighted by molar-refractivity contribution is 7.92. The highest BCUT2D eigenvalue weighted by Crippen LogP contribution is 2.19. The van der Waals surface area contributed by atoms with Crippen LogP contribution in [0, 0.1) is 0 Å². The lowest BCUT2D eigenvalue weighted by atomic mass is 10.2. The lowest BCUT2D eigenvalue weighted by molar-refractivity contribution is 0.539. The normalized spacial score (nSPS) is 16.7. The average Bonchev–Trinajstić information content (AvgIpc) is 2.83. The molecule has 1 aromatic heterocycles. The van der Waals surface area contributed by atoms with Crippen molar-refractivity contribution in [1.82, 2.24) is 19.5 Å². The zero-order chi connectivity index (χ0) is 17.0. The largest absolute Gasteiger partial charge is 0.314 e. The predicted molar refractivity (Wildman–Crippen MR) is 93.5 cm³/mol. The van der Waals surface area contributed by atoms with Crippen LogP contribution in [0.5, 0.6) is 0 Å². The van der Waals surface area contributed by atoms with Crippen LogP contribution in [0.2, 0.25) is 0 Å². The average molecular weight is 346 g/mol. The number of sulfonamides is 1. The van der Waals surface area contributed by atoms with Crippen LogP contribution in [0.15, 0.2) is 35.7 Å². The van der Waals surface area contributed by atoms with E-state index in [1.165, 1.54) is 11.8 Å². The van der Waals surface area contributed by atoms with Gasteiger partial charge in [-0.3, -0.25) is 0 Å². The third-order valence-corrected chi connectivity index (χ3v) is 5.28. The molecule has 2 heterocycles. The fourth-order valence-corrected chi connectivity index (χ4v) is 3.91. The summed E-state index contributed by atoms with van der Waals surface area (Å²) >= 11 is 0. The van der Waals surface area contributed by atoms with Crippen molar-refractivity contribution in [1.29, 1.82) is 0 Å². The SMILES string of the molecule is CC(NS(=O)(=O)C=Cc1ccccc1)c1nnc2n1CCCCC2. The number of nitrogens with one attached hydrogen (secondary N) is 1. The number of nitrogens with zero attached hydrogens (tertiary/aromatic N) is 3. The van der Waals surface area contributed by atoms with Crippen LogP contribution in [0.4, 0.5) is 0 Å². The van der Waals surface area contributed by atoms with Gasteiger partial charge in [0.05, 0.1) is 6.04 Å². The van der Waals surface area contributed by atoms with Crippen LogP contribution in [-0.4, -0.2) is 23.2 Å². The van der Waals surface area contributed by atoms with Crippen molar-refractivity contribution in [3.8, 4) is 0 Å². The van der Waals surface area contributed by atoms with Gasteiger partial charge in [-0.1, -0.05) is 36.8 Å². The second-order valence-corrected chi connectivity index (χ2v) is 7.63. The highest BCUT2D eigenvalue weighted by Gasteiger charge is 2.22. The Kier molecular flexibility index (Phi) is 5.11. The molecule has 0 spiro atoms. The summed E-state index contributed by atoms with van der Waals surface area (Å²) in [6, 6.07) is 8.92. The van der Waals surface area contributed by atoms with Crippen molar-refractivity contribution < 1.29 is 8.42 Å². The summed E-state index contributed by atoms with van der Waals surface area (Å²) in [6.07, 6.45) is 5.84. The standard InChI is InChI=1S/C17H22N4O2S/c1-14(17-19-18-16-10-6-3-7-12-21(16)17)20-24(22,23)13-11-15-8-4-2-5-9-15/h2,4-5,8-9,11,13-14,20H,3,6-7,10,12H2,1H3. The van der Waals surface area contributed by atoms with Crippen LogP contribution in [0.1, 0.15) is 49.4 Å². The Morgan fingerprint density at radius 1 is 1.17 bits per heavy atom. The van der Waals surface area contributed by atoms with Gasteiger partial charge >= 0.3 is 0 Å². The van der Waals surface area contributed by atoms with E-state index in [1.54, 1.807) is 13.0 Å². The zero-order valence-corrected chi connectivity index (χ0v) is 14.5. The van der Waals surface area contributed by atoms with E-state index >= 15 is 0 Å². The Bertz CT molecular complexity index is 812. The molecule has 24 heavy (non-hydrogen) atoms. The van der Waals surface area contributed by atoms with E-state index < -0.39 is 16.1 Å². The van der Waals surface area contributed by atoms with Gasteiger partial charge in [-0.25, -0.2) is 13.1 Å². The highest BCUT2D eigenvalue weighted by atomic mass is 32.2. The minimum absolute atomic E-state index is 0.422. The van der Waals surface area contributed by atoms with Crippen LogP contribution < -0.4 is 4.72 Å². The zero-order valence-electron chi connectivity index (χ0n) is 13.7. The van der Waals surface area contributed by atoms with Gasteiger partial charge in [0.2, 0.25) is 10.0 Å². The molecule has 1 aliphatic heterocycles. The fourth-order valence-electron chi connectivity index (χ4n) is 2.90. The van der Waals surface area contributed by atoms with Gasteiger partial charge in [-0.15, -0.1) is 10.2 Å². The first-order chi connectivity index (χ1) is 11.6. The van der Waals surface area contributed by atoms with E-state index in [-0.39, 0.29) is 0 Å². The first-order valence-electron chi connectivity index (χ1n) is 8.22. The van der Waals surface area contributed by atoms with E-state index in [1.807, 2.05) is 30.3 Å². The number of hydrogen-bond donors (Lipinski definition) is 1. The van der Waals surface area contributed by atoms with Gasteiger partial charge in [0.25, 0.3) is 0 Å². The fraction of sp³-hybridized carbons (Fsp3) is 0.412. The number of aromatic nitrogens is 3. The van der Waals surface area contributed by atoms with Crippen molar-refractivity contribution in [2.24, 2.45) is 0 Å². The molecule has 7 heteroatoms. The molecule has 0 bridgehead atoms. The summed E-state index contributed by atoms with van der Waals surface area (Å²) in [4.78, 5) is 0. The molecule has 0 radical (unpaired) electrons. The third-order valence-electron chi connectivity index (χ3n) is 4.11. The Balaban J connectivity index is 1.73. The summed E-state index contributed by atoms with van der Waals surface area (Å²) in [5, 5.41) is 9.62.